The molecule has 0 atom stereocenters. The van der Waals surface area contributed by atoms with Crippen molar-refractivity contribution < 1.29 is 4.79 Å². The molecule has 0 spiro atoms. The molecule has 33 heavy (non-hydrogen) atoms. The number of nitrogens with zero attached hydrogens (tertiary/aromatic N) is 5. The highest BCUT2D eigenvalue weighted by Gasteiger charge is 2.18. The number of fused-ring (bicyclic) bond motifs is 1. The van der Waals surface area contributed by atoms with Crippen molar-refractivity contribution in [3.05, 3.63) is 82.8 Å². The molecule has 0 saturated carbocycles. The second kappa shape index (κ2) is 8.63. The van der Waals surface area contributed by atoms with E-state index in [9.17, 15) is 4.79 Å². The fraction of sp³-hybridized carbons (Fsp3) is 0.200. The lowest BCUT2D eigenvalue weighted by atomic mass is 10.1. The SMILES string of the molecule is Cc1nn(Cc2ccccc2)c(C)c1NC(=O)Cn1nc(C)c2c(-c3cccs3)ccnc21. The van der Waals surface area contributed by atoms with Crippen molar-refractivity contribution >= 4 is 34.0 Å². The number of amides is 1. The molecule has 0 saturated heterocycles. The van der Waals surface area contributed by atoms with E-state index >= 15 is 0 Å². The summed E-state index contributed by atoms with van der Waals surface area (Å²) >= 11 is 1.68. The Morgan fingerprint density at radius 2 is 1.76 bits per heavy atom. The molecule has 5 aromatic rings. The largest absolute Gasteiger partial charge is 0.321 e. The van der Waals surface area contributed by atoms with Crippen molar-refractivity contribution in [3.63, 3.8) is 0 Å². The first kappa shape index (κ1) is 21.1. The highest BCUT2D eigenvalue weighted by molar-refractivity contribution is 7.13. The molecule has 4 aromatic heterocycles. The van der Waals surface area contributed by atoms with Crippen LogP contribution in [-0.4, -0.2) is 30.5 Å². The number of hydrogen-bond acceptors (Lipinski definition) is 5. The van der Waals surface area contributed by atoms with Crippen LogP contribution < -0.4 is 5.32 Å². The number of aryl methyl sites for hydroxylation is 2. The number of pyridine rings is 1. The van der Waals surface area contributed by atoms with Crippen LogP contribution in [0.4, 0.5) is 5.69 Å². The predicted molar refractivity (Wildman–Crippen MR) is 131 cm³/mol. The number of thiophene rings is 1. The zero-order valence-electron chi connectivity index (χ0n) is 18.7. The lowest BCUT2D eigenvalue weighted by Crippen LogP contribution is -2.20. The van der Waals surface area contributed by atoms with Gasteiger partial charge in [-0.2, -0.15) is 10.2 Å². The summed E-state index contributed by atoms with van der Waals surface area (Å²) in [5.74, 6) is -0.159. The summed E-state index contributed by atoms with van der Waals surface area (Å²) in [6.07, 6.45) is 1.77. The lowest BCUT2D eigenvalue weighted by molar-refractivity contribution is -0.116. The Kier molecular flexibility index (Phi) is 5.51. The lowest BCUT2D eigenvalue weighted by Gasteiger charge is -2.08. The van der Waals surface area contributed by atoms with Gasteiger partial charge in [-0.25, -0.2) is 9.67 Å². The number of carbonyl (C=O) groups is 1. The van der Waals surface area contributed by atoms with Crippen LogP contribution in [0, 0.1) is 20.8 Å². The molecular formula is C25H24N6OS. The van der Waals surface area contributed by atoms with E-state index in [2.05, 4.69) is 44.1 Å². The van der Waals surface area contributed by atoms with E-state index < -0.39 is 0 Å². The van der Waals surface area contributed by atoms with Crippen LogP contribution in [0.5, 0.6) is 0 Å². The monoisotopic (exact) mass is 456 g/mol. The Hall–Kier alpha value is -3.78. The minimum Gasteiger partial charge on any atom is -0.321 e. The maximum atomic E-state index is 13.0. The van der Waals surface area contributed by atoms with Gasteiger partial charge < -0.3 is 5.32 Å². The van der Waals surface area contributed by atoms with Gasteiger partial charge in [0.25, 0.3) is 0 Å². The van der Waals surface area contributed by atoms with Gasteiger partial charge >= 0.3 is 0 Å². The summed E-state index contributed by atoms with van der Waals surface area (Å²) in [6.45, 7) is 6.57. The van der Waals surface area contributed by atoms with Crippen LogP contribution in [0.1, 0.15) is 22.6 Å². The van der Waals surface area contributed by atoms with Crippen LogP contribution >= 0.6 is 11.3 Å². The van der Waals surface area contributed by atoms with Crippen molar-refractivity contribution in [2.75, 3.05) is 5.32 Å². The highest BCUT2D eigenvalue weighted by atomic mass is 32.1. The molecule has 0 aliphatic carbocycles. The Labute approximate surface area is 195 Å². The zero-order valence-corrected chi connectivity index (χ0v) is 19.6. The van der Waals surface area contributed by atoms with Crippen molar-refractivity contribution in [2.24, 2.45) is 0 Å². The van der Waals surface area contributed by atoms with Gasteiger partial charge in [0, 0.05) is 16.6 Å². The molecule has 4 heterocycles. The van der Waals surface area contributed by atoms with E-state index in [-0.39, 0.29) is 12.5 Å². The molecule has 0 aliphatic heterocycles. The van der Waals surface area contributed by atoms with Crippen molar-refractivity contribution in [2.45, 2.75) is 33.9 Å². The highest BCUT2D eigenvalue weighted by Crippen LogP contribution is 2.32. The summed E-state index contributed by atoms with van der Waals surface area (Å²) in [6, 6.07) is 16.3. The number of anilines is 1. The number of carbonyl (C=O) groups excluding carboxylic acids is 1. The van der Waals surface area contributed by atoms with Crippen molar-refractivity contribution in [1.82, 2.24) is 24.5 Å². The molecule has 0 fully saturated rings. The second-order valence-electron chi connectivity index (χ2n) is 8.01. The minimum absolute atomic E-state index is 0.0774. The van der Waals surface area contributed by atoms with Crippen molar-refractivity contribution in [3.8, 4) is 10.4 Å². The molecule has 0 radical (unpaired) electrons. The van der Waals surface area contributed by atoms with Gasteiger partial charge in [0.05, 0.1) is 34.7 Å². The van der Waals surface area contributed by atoms with E-state index in [0.29, 0.717) is 12.2 Å². The molecule has 1 aromatic carbocycles. The number of benzene rings is 1. The first-order chi connectivity index (χ1) is 16.0. The second-order valence-corrected chi connectivity index (χ2v) is 8.96. The molecule has 166 valence electrons. The average Bonchev–Trinajstić information content (AvgIpc) is 3.51. The summed E-state index contributed by atoms with van der Waals surface area (Å²) < 4.78 is 3.60. The van der Waals surface area contributed by atoms with Gasteiger partial charge in [0.2, 0.25) is 5.91 Å². The van der Waals surface area contributed by atoms with Crippen LogP contribution in [-0.2, 0) is 17.9 Å². The van der Waals surface area contributed by atoms with Crippen molar-refractivity contribution in [1.29, 1.82) is 0 Å². The van der Waals surface area contributed by atoms with E-state index in [0.717, 1.165) is 44.2 Å². The van der Waals surface area contributed by atoms with E-state index in [1.54, 1.807) is 22.2 Å². The third-order valence-electron chi connectivity index (χ3n) is 5.71. The summed E-state index contributed by atoms with van der Waals surface area (Å²) in [5.41, 5.74) is 6.27. The Morgan fingerprint density at radius 1 is 0.970 bits per heavy atom. The maximum absolute atomic E-state index is 13.0. The standard InChI is InChI=1S/C25H24N6OS/c1-16-23-20(21-10-7-13-33-21)11-12-26-25(23)31(28-16)15-22(32)27-24-17(2)29-30(18(24)3)14-19-8-5-4-6-9-19/h4-13H,14-15H2,1-3H3,(H,27,32). The Bertz CT molecular complexity index is 1430. The summed E-state index contributed by atoms with van der Waals surface area (Å²) in [5, 5.41) is 15.3. The van der Waals surface area contributed by atoms with E-state index in [1.165, 1.54) is 0 Å². The molecule has 0 unspecified atom stereocenters. The van der Waals surface area contributed by atoms with Crippen LogP contribution in [0.15, 0.2) is 60.1 Å². The van der Waals surface area contributed by atoms with Gasteiger partial charge in [0.15, 0.2) is 5.65 Å². The van der Waals surface area contributed by atoms with Gasteiger partial charge in [-0.3, -0.25) is 9.48 Å². The predicted octanol–water partition coefficient (Wildman–Crippen LogP) is 4.97. The minimum atomic E-state index is -0.159. The van der Waals surface area contributed by atoms with Gasteiger partial charge in [-0.05, 0) is 43.8 Å². The third kappa shape index (κ3) is 4.05. The van der Waals surface area contributed by atoms with E-state index in [4.69, 9.17) is 0 Å². The van der Waals surface area contributed by atoms with Gasteiger partial charge in [0.1, 0.15) is 6.54 Å². The fourth-order valence-corrected chi connectivity index (χ4v) is 4.89. The fourth-order valence-electron chi connectivity index (χ4n) is 4.13. The van der Waals surface area contributed by atoms with Gasteiger partial charge in [-0.1, -0.05) is 36.4 Å². The summed E-state index contributed by atoms with van der Waals surface area (Å²) in [7, 11) is 0. The third-order valence-corrected chi connectivity index (χ3v) is 6.61. The normalized spacial score (nSPS) is 11.2. The molecule has 7 nitrogen and oxygen atoms in total. The molecular weight excluding hydrogens is 432 g/mol. The first-order valence-corrected chi connectivity index (χ1v) is 11.6. The number of hydrogen-bond donors (Lipinski definition) is 1. The molecule has 0 aliphatic rings. The van der Waals surface area contributed by atoms with E-state index in [1.807, 2.05) is 55.8 Å². The topological polar surface area (TPSA) is 77.6 Å². The van der Waals surface area contributed by atoms with Gasteiger partial charge in [-0.15, -0.1) is 11.3 Å². The Morgan fingerprint density at radius 3 is 2.52 bits per heavy atom. The smallest absolute Gasteiger partial charge is 0.246 e. The van der Waals surface area contributed by atoms with Crippen LogP contribution in [0.25, 0.3) is 21.5 Å². The molecule has 1 amide bonds. The number of rotatable bonds is 6. The first-order valence-electron chi connectivity index (χ1n) is 10.7. The van der Waals surface area contributed by atoms with Crippen LogP contribution in [0.2, 0.25) is 0 Å². The molecule has 5 rings (SSSR count). The quantitative estimate of drug-likeness (QED) is 0.391. The molecule has 8 heteroatoms. The maximum Gasteiger partial charge on any atom is 0.246 e. The number of nitrogens with one attached hydrogen (secondary N) is 1. The Balaban J connectivity index is 1.39. The average molecular weight is 457 g/mol. The molecule has 1 N–H and O–H groups in total. The van der Waals surface area contributed by atoms with Crippen LogP contribution in [0.3, 0.4) is 0 Å². The molecule has 0 bridgehead atoms. The number of aromatic nitrogens is 5. The summed E-state index contributed by atoms with van der Waals surface area (Å²) in [4.78, 5) is 18.7. The zero-order chi connectivity index (χ0) is 22.9.